The Labute approximate surface area is 88.2 Å². The molecule has 2 nitrogen and oxygen atoms in total. The van der Waals surface area contributed by atoms with Crippen LogP contribution in [0.3, 0.4) is 0 Å². The Morgan fingerprint density at radius 3 is 2.43 bits per heavy atom. The molecular weight excluding hydrogens is 192 g/mol. The molecule has 0 radical (unpaired) electrons. The second-order valence-corrected chi connectivity index (χ2v) is 3.87. The molecule has 0 aliphatic rings. The van der Waals surface area contributed by atoms with E-state index in [1.807, 2.05) is 24.3 Å². The Hall–Kier alpha value is -1.45. The SMILES string of the molecule is N#CCCSCc1ccc(C#N)cc1. The molecule has 1 aromatic carbocycles. The Morgan fingerprint density at radius 2 is 1.86 bits per heavy atom. The highest BCUT2D eigenvalue weighted by Gasteiger charge is 1.94. The molecule has 0 aromatic heterocycles. The van der Waals surface area contributed by atoms with Crippen molar-refractivity contribution in [3.63, 3.8) is 0 Å². The fraction of sp³-hybridized carbons (Fsp3) is 0.273. The normalized spacial score (nSPS) is 9.00. The molecule has 1 aromatic rings. The van der Waals surface area contributed by atoms with Gasteiger partial charge in [0.25, 0.3) is 0 Å². The number of nitrogens with zero attached hydrogens (tertiary/aromatic N) is 2. The molecule has 0 amide bonds. The van der Waals surface area contributed by atoms with Gasteiger partial charge in [-0.2, -0.15) is 22.3 Å². The molecule has 0 heterocycles. The van der Waals surface area contributed by atoms with E-state index in [1.54, 1.807) is 11.8 Å². The highest BCUT2D eigenvalue weighted by molar-refractivity contribution is 7.98. The van der Waals surface area contributed by atoms with Crippen LogP contribution in [0.5, 0.6) is 0 Å². The monoisotopic (exact) mass is 202 g/mol. The minimum Gasteiger partial charge on any atom is -0.198 e. The molecule has 0 saturated heterocycles. The van der Waals surface area contributed by atoms with E-state index in [-0.39, 0.29) is 0 Å². The van der Waals surface area contributed by atoms with E-state index in [1.165, 1.54) is 5.56 Å². The van der Waals surface area contributed by atoms with Crippen LogP contribution in [-0.4, -0.2) is 5.75 Å². The van der Waals surface area contributed by atoms with E-state index in [4.69, 9.17) is 10.5 Å². The zero-order valence-corrected chi connectivity index (χ0v) is 8.55. The zero-order chi connectivity index (χ0) is 10.2. The molecule has 0 fully saturated rings. The van der Waals surface area contributed by atoms with Gasteiger partial charge in [0.05, 0.1) is 17.7 Å². The molecule has 14 heavy (non-hydrogen) atoms. The summed E-state index contributed by atoms with van der Waals surface area (Å²) in [5, 5.41) is 16.9. The van der Waals surface area contributed by atoms with Gasteiger partial charge in [-0.05, 0) is 17.7 Å². The molecule has 0 spiro atoms. The molecule has 0 N–H and O–H groups in total. The van der Waals surface area contributed by atoms with Gasteiger partial charge in [0.2, 0.25) is 0 Å². The molecule has 1 rings (SSSR count). The van der Waals surface area contributed by atoms with Crippen molar-refractivity contribution in [2.45, 2.75) is 12.2 Å². The lowest BCUT2D eigenvalue weighted by atomic mass is 10.2. The third kappa shape index (κ3) is 3.51. The zero-order valence-electron chi connectivity index (χ0n) is 7.73. The standard InChI is InChI=1S/C11H10N2S/c12-6-1-7-14-9-11-4-2-10(8-13)3-5-11/h2-5H,1,7,9H2. The van der Waals surface area contributed by atoms with Crippen molar-refractivity contribution in [3.05, 3.63) is 35.4 Å². The van der Waals surface area contributed by atoms with Crippen LogP contribution >= 0.6 is 11.8 Å². The van der Waals surface area contributed by atoms with Crippen LogP contribution in [0.25, 0.3) is 0 Å². The predicted octanol–water partition coefficient (Wildman–Crippen LogP) is 2.71. The minimum atomic E-state index is 0.598. The van der Waals surface area contributed by atoms with E-state index in [2.05, 4.69) is 12.1 Å². The largest absolute Gasteiger partial charge is 0.198 e. The van der Waals surface area contributed by atoms with E-state index in [9.17, 15) is 0 Å². The quantitative estimate of drug-likeness (QED) is 0.705. The third-order valence-corrected chi connectivity index (χ3v) is 2.74. The van der Waals surface area contributed by atoms with Crippen molar-refractivity contribution in [2.75, 3.05) is 5.75 Å². The van der Waals surface area contributed by atoms with Gasteiger partial charge in [0, 0.05) is 17.9 Å². The summed E-state index contributed by atoms with van der Waals surface area (Å²) in [5.41, 5.74) is 1.89. The average Bonchev–Trinajstić information content (AvgIpc) is 2.25. The Bertz CT molecular complexity index is 356. The minimum absolute atomic E-state index is 0.598. The third-order valence-electron chi connectivity index (χ3n) is 1.71. The van der Waals surface area contributed by atoms with Crippen molar-refractivity contribution >= 4 is 11.8 Å². The lowest BCUT2D eigenvalue weighted by Gasteiger charge is -1.99. The van der Waals surface area contributed by atoms with Gasteiger partial charge in [-0.15, -0.1) is 0 Å². The van der Waals surface area contributed by atoms with Crippen molar-refractivity contribution in [1.29, 1.82) is 10.5 Å². The maximum absolute atomic E-state index is 8.58. The number of nitriles is 2. The van der Waals surface area contributed by atoms with Crippen molar-refractivity contribution < 1.29 is 0 Å². The summed E-state index contributed by atoms with van der Waals surface area (Å²) in [7, 11) is 0. The van der Waals surface area contributed by atoms with E-state index < -0.39 is 0 Å². The molecule has 0 aliphatic heterocycles. The first-order valence-corrected chi connectivity index (χ1v) is 5.46. The second kappa shape index (κ2) is 6.07. The number of benzene rings is 1. The van der Waals surface area contributed by atoms with Crippen LogP contribution in [0.2, 0.25) is 0 Å². The van der Waals surface area contributed by atoms with Crippen LogP contribution < -0.4 is 0 Å². The number of hydrogen-bond donors (Lipinski definition) is 0. The smallest absolute Gasteiger partial charge is 0.0991 e. The maximum atomic E-state index is 8.58. The second-order valence-electron chi connectivity index (χ2n) is 2.77. The van der Waals surface area contributed by atoms with Crippen molar-refractivity contribution in [1.82, 2.24) is 0 Å². The van der Waals surface area contributed by atoms with Crippen LogP contribution in [0.15, 0.2) is 24.3 Å². The maximum Gasteiger partial charge on any atom is 0.0991 e. The molecule has 0 atom stereocenters. The molecular formula is C11H10N2S. The van der Waals surface area contributed by atoms with Gasteiger partial charge in [-0.3, -0.25) is 0 Å². The van der Waals surface area contributed by atoms with Gasteiger partial charge >= 0.3 is 0 Å². The summed E-state index contributed by atoms with van der Waals surface area (Å²) in [5.74, 6) is 1.78. The molecule has 70 valence electrons. The first-order valence-electron chi connectivity index (χ1n) is 4.30. The van der Waals surface area contributed by atoms with E-state index in [0.717, 1.165) is 11.5 Å². The van der Waals surface area contributed by atoms with Gasteiger partial charge in [-0.1, -0.05) is 12.1 Å². The van der Waals surface area contributed by atoms with Crippen molar-refractivity contribution in [3.8, 4) is 12.1 Å². The fourth-order valence-corrected chi connectivity index (χ4v) is 1.79. The highest BCUT2D eigenvalue weighted by atomic mass is 32.2. The van der Waals surface area contributed by atoms with Crippen LogP contribution in [0.1, 0.15) is 17.5 Å². The molecule has 0 bridgehead atoms. The van der Waals surface area contributed by atoms with Gasteiger partial charge in [0.15, 0.2) is 0 Å². The summed E-state index contributed by atoms with van der Waals surface area (Å²) in [6.07, 6.45) is 0.598. The van der Waals surface area contributed by atoms with Gasteiger partial charge in [-0.25, -0.2) is 0 Å². The Balaban J connectivity index is 2.38. The first kappa shape index (κ1) is 10.6. The van der Waals surface area contributed by atoms with Crippen LogP contribution in [-0.2, 0) is 5.75 Å². The predicted molar refractivity (Wildman–Crippen MR) is 57.5 cm³/mol. The van der Waals surface area contributed by atoms with E-state index >= 15 is 0 Å². The summed E-state index contributed by atoms with van der Waals surface area (Å²) >= 11 is 1.74. The van der Waals surface area contributed by atoms with Crippen LogP contribution in [0.4, 0.5) is 0 Å². The first-order chi connectivity index (χ1) is 6.86. The highest BCUT2D eigenvalue weighted by Crippen LogP contribution is 2.13. The number of hydrogen-bond acceptors (Lipinski definition) is 3. The average molecular weight is 202 g/mol. The summed E-state index contributed by atoms with van der Waals surface area (Å²) < 4.78 is 0. The lowest BCUT2D eigenvalue weighted by Crippen LogP contribution is -1.83. The molecule has 0 saturated carbocycles. The Kier molecular flexibility index (Phi) is 4.61. The fourth-order valence-electron chi connectivity index (χ4n) is 0.983. The van der Waals surface area contributed by atoms with Crippen LogP contribution in [0, 0.1) is 22.7 Å². The van der Waals surface area contributed by atoms with Crippen molar-refractivity contribution in [2.24, 2.45) is 0 Å². The topological polar surface area (TPSA) is 47.6 Å². The van der Waals surface area contributed by atoms with E-state index in [0.29, 0.717) is 12.0 Å². The molecule has 0 unspecified atom stereocenters. The molecule has 3 heteroatoms. The lowest BCUT2D eigenvalue weighted by molar-refractivity contribution is 1.23. The summed E-state index contributed by atoms with van der Waals surface area (Å²) in [4.78, 5) is 0. The van der Waals surface area contributed by atoms with Gasteiger partial charge < -0.3 is 0 Å². The summed E-state index contributed by atoms with van der Waals surface area (Å²) in [6, 6.07) is 11.7. The summed E-state index contributed by atoms with van der Waals surface area (Å²) in [6.45, 7) is 0. The number of rotatable bonds is 4. The number of thioether (sulfide) groups is 1. The molecule has 0 aliphatic carbocycles. The van der Waals surface area contributed by atoms with Gasteiger partial charge in [0.1, 0.15) is 0 Å². The Morgan fingerprint density at radius 1 is 1.14 bits per heavy atom.